The van der Waals surface area contributed by atoms with Crippen molar-refractivity contribution >= 4 is 28.4 Å². The number of hydrogen-bond donors (Lipinski definition) is 1. The molecule has 3 aromatic rings. The molecular formula is C16H15N3S. The number of thioether (sulfide) groups is 1. The molecule has 0 saturated carbocycles. The molecule has 0 spiro atoms. The lowest BCUT2D eigenvalue weighted by Crippen LogP contribution is -1.93. The highest BCUT2D eigenvalue weighted by Gasteiger charge is 2.11. The molecule has 1 heterocycles. The number of hydrogen-bond acceptors (Lipinski definition) is 4. The Balaban J connectivity index is 1.93. The van der Waals surface area contributed by atoms with E-state index in [2.05, 4.69) is 29.0 Å². The minimum Gasteiger partial charge on any atom is -0.399 e. The van der Waals surface area contributed by atoms with Gasteiger partial charge in [0.25, 0.3) is 0 Å². The summed E-state index contributed by atoms with van der Waals surface area (Å²) in [7, 11) is 0. The normalized spacial score (nSPS) is 12.4. The highest BCUT2D eigenvalue weighted by atomic mass is 32.2. The number of benzene rings is 2. The topological polar surface area (TPSA) is 51.8 Å². The lowest BCUT2D eigenvalue weighted by Gasteiger charge is -2.12. The maximum Gasteiger partial charge on any atom is 0.117 e. The molecule has 0 saturated heterocycles. The summed E-state index contributed by atoms with van der Waals surface area (Å²) in [4.78, 5) is 8.71. The van der Waals surface area contributed by atoms with E-state index in [-0.39, 0.29) is 5.25 Å². The molecule has 2 N–H and O–H groups in total. The molecule has 0 aliphatic heterocycles. The van der Waals surface area contributed by atoms with Crippen molar-refractivity contribution in [3.8, 4) is 0 Å². The van der Waals surface area contributed by atoms with Gasteiger partial charge < -0.3 is 5.73 Å². The monoisotopic (exact) mass is 281 g/mol. The van der Waals surface area contributed by atoms with Gasteiger partial charge in [-0.15, -0.1) is 0 Å². The van der Waals surface area contributed by atoms with Gasteiger partial charge in [0.2, 0.25) is 0 Å². The number of nitrogen functional groups attached to an aromatic ring is 1. The fourth-order valence-electron chi connectivity index (χ4n) is 2.12. The summed E-state index contributed by atoms with van der Waals surface area (Å²) in [6, 6.07) is 16.1. The van der Waals surface area contributed by atoms with E-state index in [1.165, 1.54) is 5.56 Å². The van der Waals surface area contributed by atoms with Crippen LogP contribution >= 0.6 is 11.8 Å². The summed E-state index contributed by atoms with van der Waals surface area (Å²) >= 11 is 1.73. The lowest BCUT2D eigenvalue weighted by atomic mass is 10.1. The Morgan fingerprint density at radius 2 is 1.90 bits per heavy atom. The summed E-state index contributed by atoms with van der Waals surface area (Å²) < 4.78 is 0. The van der Waals surface area contributed by atoms with Crippen molar-refractivity contribution in [3.05, 3.63) is 60.4 Å². The fraction of sp³-hybridized carbons (Fsp3) is 0.125. The van der Waals surface area contributed by atoms with E-state index in [4.69, 9.17) is 5.73 Å². The second-order valence-corrected chi connectivity index (χ2v) is 5.96. The summed E-state index contributed by atoms with van der Waals surface area (Å²) in [5, 5.41) is 2.39. The predicted octanol–water partition coefficient (Wildman–Crippen LogP) is 4.07. The van der Waals surface area contributed by atoms with Crippen LogP contribution in [-0.4, -0.2) is 9.97 Å². The number of anilines is 1. The Bertz CT molecular complexity index is 737. The first-order chi connectivity index (χ1) is 9.74. The van der Waals surface area contributed by atoms with Gasteiger partial charge in [0.1, 0.15) is 11.4 Å². The van der Waals surface area contributed by atoms with E-state index in [0.717, 1.165) is 21.6 Å². The molecular weight excluding hydrogens is 266 g/mol. The molecule has 1 aromatic heterocycles. The predicted molar refractivity (Wildman–Crippen MR) is 84.7 cm³/mol. The highest BCUT2D eigenvalue weighted by molar-refractivity contribution is 7.99. The molecule has 0 amide bonds. The molecule has 3 rings (SSSR count). The third kappa shape index (κ3) is 2.60. The van der Waals surface area contributed by atoms with Crippen molar-refractivity contribution in [2.45, 2.75) is 17.2 Å². The van der Waals surface area contributed by atoms with Gasteiger partial charge in [-0.2, -0.15) is 0 Å². The zero-order valence-electron chi connectivity index (χ0n) is 11.2. The summed E-state index contributed by atoms with van der Waals surface area (Å²) in [5.74, 6) is 0. The van der Waals surface area contributed by atoms with Gasteiger partial charge in [-0.3, -0.25) is 0 Å². The van der Waals surface area contributed by atoms with Crippen LogP contribution in [0.4, 0.5) is 5.69 Å². The molecule has 0 aliphatic rings. The molecule has 2 aromatic carbocycles. The van der Waals surface area contributed by atoms with Crippen molar-refractivity contribution in [1.82, 2.24) is 9.97 Å². The van der Waals surface area contributed by atoms with Crippen molar-refractivity contribution in [2.75, 3.05) is 5.73 Å². The summed E-state index contributed by atoms with van der Waals surface area (Å²) in [6.07, 6.45) is 1.62. The van der Waals surface area contributed by atoms with Crippen molar-refractivity contribution in [1.29, 1.82) is 0 Å². The molecule has 0 radical (unpaired) electrons. The number of nitrogens with zero attached hydrogens (tertiary/aromatic N) is 2. The number of para-hydroxylation sites is 1. The van der Waals surface area contributed by atoms with Gasteiger partial charge in [-0.1, -0.05) is 42.1 Å². The molecule has 0 fully saturated rings. The zero-order chi connectivity index (χ0) is 13.9. The molecule has 0 bridgehead atoms. The van der Waals surface area contributed by atoms with Gasteiger partial charge >= 0.3 is 0 Å². The molecule has 100 valence electrons. The van der Waals surface area contributed by atoms with Gasteiger partial charge in [0, 0.05) is 16.3 Å². The van der Waals surface area contributed by atoms with E-state index in [1.54, 1.807) is 18.1 Å². The van der Waals surface area contributed by atoms with Crippen LogP contribution < -0.4 is 5.73 Å². The molecule has 20 heavy (non-hydrogen) atoms. The van der Waals surface area contributed by atoms with Crippen LogP contribution in [0.3, 0.4) is 0 Å². The number of nitrogens with two attached hydrogens (primary N) is 1. The third-order valence-electron chi connectivity index (χ3n) is 3.17. The van der Waals surface area contributed by atoms with Crippen molar-refractivity contribution < 1.29 is 0 Å². The number of fused-ring (bicyclic) bond motifs is 1. The second-order valence-electron chi connectivity index (χ2n) is 4.63. The van der Waals surface area contributed by atoms with E-state index >= 15 is 0 Å². The molecule has 3 nitrogen and oxygen atoms in total. The summed E-state index contributed by atoms with van der Waals surface area (Å²) in [5.41, 5.74) is 8.82. The molecule has 1 unspecified atom stereocenters. The Labute approximate surface area is 122 Å². The highest BCUT2D eigenvalue weighted by Crippen LogP contribution is 2.36. The van der Waals surface area contributed by atoms with Crippen molar-refractivity contribution in [2.24, 2.45) is 0 Å². The van der Waals surface area contributed by atoms with Crippen LogP contribution in [0.25, 0.3) is 10.9 Å². The molecule has 4 heteroatoms. The van der Waals surface area contributed by atoms with E-state index in [0.29, 0.717) is 0 Å². The first kappa shape index (κ1) is 12.9. The van der Waals surface area contributed by atoms with Crippen LogP contribution in [0, 0.1) is 0 Å². The van der Waals surface area contributed by atoms with Gasteiger partial charge in [-0.05, 0) is 30.7 Å². The zero-order valence-corrected chi connectivity index (χ0v) is 12.0. The van der Waals surface area contributed by atoms with Gasteiger partial charge in [0.15, 0.2) is 0 Å². The largest absolute Gasteiger partial charge is 0.399 e. The second kappa shape index (κ2) is 5.51. The molecule has 1 atom stereocenters. The van der Waals surface area contributed by atoms with Gasteiger partial charge in [0.05, 0.1) is 5.52 Å². The standard InChI is InChI=1S/C16H15N3S/c1-11(12-5-4-6-13(17)9-12)20-16-14-7-2-3-8-15(14)18-10-19-16/h2-11H,17H2,1H3. The van der Waals surface area contributed by atoms with E-state index in [1.807, 2.05) is 36.4 Å². The maximum atomic E-state index is 5.85. The smallest absolute Gasteiger partial charge is 0.117 e. The maximum absolute atomic E-state index is 5.85. The Morgan fingerprint density at radius 1 is 1.05 bits per heavy atom. The lowest BCUT2D eigenvalue weighted by molar-refractivity contribution is 1.06. The average molecular weight is 281 g/mol. The van der Waals surface area contributed by atoms with Crippen LogP contribution in [0.5, 0.6) is 0 Å². The fourth-order valence-corrected chi connectivity index (χ4v) is 3.15. The third-order valence-corrected chi connectivity index (χ3v) is 4.35. The van der Waals surface area contributed by atoms with Crippen LogP contribution in [0.15, 0.2) is 59.9 Å². The quantitative estimate of drug-likeness (QED) is 0.447. The molecule has 0 aliphatic carbocycles. The van der Waals surface area contributed by atoms with E-state index < -0.39 is 0 Å². The van der Waals surface area contributed by atoms with Crippen molar-refractivity contribution in [3.63, 3.8) is 0 Å². The summed E-state index contributed by atoms with van der Waals surface area (Å²) in [6.45, 7) is 2.16. The first-order valence-corrected chi connectivity index (χ1v) is 7.34. The first-order valence-electron chi connectivity index (χ1n) is 6.46. The van der Waals surface area contributed by atoms with Crippen LogP contribution in [0.1, 0.15) is 17.7 Å². The SMILES string of the molecule is CC(Sc1ncnc2ccccc12)c1cccc(N)c1. The van der Waals surface area contributed by atoms with E-state index in [9.17, 15) is 0 Å². The Hall–Kier alpha value is -2.07. The Morgan fingerprint density at radius 3 is 2.75 bits per heavy atom. The van der Waals surface area contributed by atoms with Crippen LogP contribution in [0.2, 0.25) is 0 Å². The van der Waals surface area contributed by atoms with Gasteiger partial charge in [-0.25, -0.2) is 9.97 Å². The average Bonchev–Trinajstić information content (AvgIpc) is 2.47. The van der Waals surface area contributed by atoms with Crippen LogP contribution in [-0.2, 0) is 0 Å². The minimum absolute atomic E-state index is 0.289. The minimum atomic E-state index is 0.289. The number of rotatable bonds is 3. The number of aromatic nitrogens is 2. The Kier molecular flexibility index (Phi) is 3.56.